The Morgan fingerprint density at radius 3 is 2.15 bits per heavy atom. The van der Waals surface area contributed by atoms with Crippen molar-refractivity contribution < 1.29 is 30.3 Å². The predicted molar refractivity (Wildman–Crippen MR) is 86.7 cm³/mol. The topological polar surface area (TPSA) is 199 Å². The summed E-state index contributed by atoms with van der Waals surface area (Å²) in [5.41, 5.74) is -0.918. The molecule has 0 aliphatic rings. The molecule has 0 bridgehead atoms. The molecule has 0 amide bonds. The summed E-state index contributed by atoms with van der Waals surface area (Å²) in [7, 11) is 0. The molecule has 6 N–H and O–H groups in total. The highest BCUT2D eigenvalue weighted by atomic mass is 16.6. The Balaban J connectivity index is 2.22. The number of nitrogens with zero attached hydrogens (tertiary/aromatic N) is 2. The van der Waals surface area contributed by atoms with Crippen LogP contribution in [0.15, 0.2) is 30.4 Å². The van der Waals surface area contributed by atoms with E-state index in [4.69, 9.17) is 0 Å². The van der Waals surface area contributed by atoms with Gasteiger partial charge in [0.1, 0.15) is 5.56 Å². The Morgan fingerprint density at radius 2 is 1.69 bits per heavy atom. The van der Waals surface area contributed by atoms with E-state index < -0.39 is 45.1 Å². The van der Waals surface area contributed by atoms with Crippen LogP contribution < -0.4 is 0 Å². The molecule has 0 aliphatic carbocycles. The first-order valence-corrected chi connectivity index (χ1v) is 7.07. The van der Waals surface area contributed by atoms with Gasteiger partial charge in [0, 0.05) is 17.1 Å². The monoisotopic (exact) mass is 366 g/mol. The van der Waals surface area contributed by atoms with Crippen LogP contribution in [0.2, 0.25) is 0 Å². The van der Waals surface area contributed by atoms with E-state index in [0.717, 1.165) is 24.3 Å². The largest absolute Gasteiger partial charge is 0.494 e. The van der Waals surface area contributed by atoms with Crippen molar-refractivity contribution in [2.75, 3.05) is 0 Å². The van der Waals surface area contributed by atoms with Crippen LogP contribution in [0.4, 0.5) is 0 Å². The van der Waals surface area contributed by atoms with Crippen LogP contribution >= 0.6 is 0 Å². The fraction of sp³-hybridized carbons (Fsp3) is 0.143. The van der Waals surface area contributed by atoms with Crippen molar-refractivity contribution in [1.29, 1.82) is 0 Å². The zero-order valence-electron chi connectivity index (χ0n) is 13.0. The zero-order valence-corrected chi connectivity index (χ0v) is 13.0. The molecule has 2 heterocycles. The average Bonchev–Trinajstić information content (AvgIpc) is 3.03. The van der Waals surface area contributed by atoms with Crippen LogP contribution in [-0.2, 0) is 0 Å². The number of nitrogens with one attached hydrogen (secondary N) is 2. The molecule has 0 fully saturated rings. The number of hydrogen-bond acceptors (Lipinski definition) is 8. The fourth-order valence-electron chi connectivity index (χ4n) is 2.25. The average molecular weight is 366 g/mol. The number of aromatic hydroxyl groups is 4. The third-order valence-electron chi connectivity index (χ3n) is 3.38. The standard InChI is InChI=1S/C14H14N4O8/c19-11-5-7(13(21)15-11)9(17(23)24)3-1-2-4-10(18(25)26)8-6-12(20)16-14(8)22/h1,3-6,9,15-16,19-22H,2H2. The van der Waals surface area contributed by atoms with Crippen molar-refractivity contribution in [3.05, 3.63) is 61.7 Å². The summed E-state index contributed by atoms with van der Waals surface area (Å²) in [5, 5.41) is 59.7. The molecule has 0 saturated carbocycles. The molecule has 0 spiro atoms. The van der Waals surface area contributed by atoms with Gasteiger partial charge in [-0.2, -0.15) is 0 Å². The lowest BCUT2D eigenvalue weighted by Crippen LogP contribution is -2.06. The summed E-state index contributed by atoms with van der Waals surface area (Å²) < 4.78 is 0. The van der Waals surface area contributed by atoms with Crippen LogP contribution in [0.3, 0.4) is 0 Å². The molecule has 12 nitrogen and oxygen atoms in total. The molecule has 0 aliphatic heterocycles. The number of aromatic nitrogens is 2. The smallest absolute Gasteiger partial charge is 0.278 e. The molecular formula is C14H14N4O8. The van der Waals surface area contributed by atoms with Crippen LogP contribution in [-0.4, -0.2) is 40.2 Å². The van der Waals surface area contributed by atoms with E-state index in [9.17, 15) is 40.7 Å². The lowest BCUT2D eigenvalue weighted by molar-refractivity contribution is -0.515. The Morgan fingerprint density at radius 1 is 1.08 bits per heavy atom. The molecule has 2 aromatic heterocycles. The summed E-state index contributed by atoms with van der Waals surface area (Å²) in [6.45, 7) is 0. The number of aromatic amines is 2. The number of H-pyrrole nitrogens is 2. The molecule has 12 heteroatoms. The van der Waals surface area contributed by atoms with Crippen molar-refractivity contribution in [3.63, 3.8) is 0 Å². The van der Waals surface area contributed by atoms with Gasteiger partial charge in [0.05, 0.1) is 10.5 Å². The van der Waals surface area contributed by atoms with E-state index in [1.807, 2.05) is 0 Å². The van der Waals surface area contributed by atoms with Gasteiger partial charge in [0.25, 0.3) is 11.7 Å². The van der Waals surface area contributed by atoms with Gasteiger partial charge in [-0.1, -0.05) is 6.08 Å². The van der Waals surface area contributed by atoms with Crippen molar-refractivity contribution in [2.24, 2.45) is 0 Å². The van der Waals surface area contributed by atoms with E-state index in [1.165, 1.54) is 6.08 Å². The van der Waals surface area contributed by atoms with Gasteiger partial charge in [-0.3, -0.25) is 30.2 Å². The minimum atomic E-state index is -1.48. The van der Waals surface area contributed by atoms with E-state index in [1.54, 1.807) is 0 Å². The van der Waals surface area contributed by atoms with Crippen LogP contribution in [0.5, 0.6) is 23.5 Å². The van der Waals surface area contributed by atoms with Gasteiger partial charge in [-0.25, -0.2) is 0 Å². The Hall–Kier alpha value is -3.96. The summed E-state index contributed by atoms with van der Waals surface area (Å²) in [6.07, 6.45) is 3.32. The van der Waals surface area contributed by atoms with E-state index >= 15 is 0 Å². The molecule has 1 atom stereocenters. The molecule has 0 radical (unpaired) electrons. The third kappa shape index (κ3) is 3.92. The Kier molecular flexibility index (Phi) is 5.15. The molecule has 2 rings (SSSR count). The molecule has 26 heavy (non-hydrogen) atoms. The second-order valence-corrected chi connectivity index (χ2v) is 5.12. The summed E-state index contributed by atoms with van der Waals surface area (Å²) in [5.74, 6) is -2.07. The first-order chi connectivity index (χ1) is 12.2. The van der Waals surface area contributed by atoms with Gasteiger partial charge in [0.15, 0.2) is 11.8 Å². The number of nitro groups is 2. The van der Waals surface area contributed by atoms with E-state index in [0.29, 0.717) is 0 Å². The number of rotatable bonds is 7. The van der Waals surface area contributed by atoms with Crippen molar-refractivity contribution in [2.45, 2.75) is 12.5 Å². The van der Waals surface area contributed by atoms with Crippen molar-refractivity contribution in [3.8, 4) is 23.5 Å². The first kappa shape index (κ1) is 18.4. The zero-order chi connectivity index (χ0) is 19.4. The Bertz CT molecular complexity index is 895. The highest BCUT2D eigenvalue weighted by Gasteiger charge is 2.25. The lowest BCUT2D eigenvalue weighted by atomic mass is 10.1. The minimum Gasteiger partial charge on any atom is -0.494 e. The summed E-state index contributed by atoms with van der Waals surface area (Å²) in [6, 6.07) is 0.476. The highest BCUT2D eigenvalue weighted by Crippen LogP contribution is 2.31. The molecule has 0 aromatic carbocycles. The first-order valence-electron chi connectivity index (χ1n) is 7.07. The maximum absolute atomic E-state index is 11.1. The minimum absolute atomic E-state index is 0.108. The van der Waals surface area contributed by atoms with Crippen molar-refractivity contribution >= 4 is 5.70 Å². The lowest BCUT2D eigenvalue weighted by Gasteiger charge is -2.02. The molecule has 138 valence electrons. The maximum Gasteiger partial charge on any atom is 0.278 e. The maximum atomic E-state index is 11.1. The summed E-state index contributed by atoms with van der Waals surface area (Å²) in [4.78, 5) is 24.9. The van der Waals surface area contributed by atoms with Gasteiger partial charge >= 0.3 is 0 Å². The summed E-state index contributed by atoms with van der Waals surface area (Å²) >= 11 is 0. The fourth-order valence-corrected chi connectivity index (χ4v) is 2.25. The van der Waals surface area contributed by atoms with Gasteiger partial charge in [-0.15, -0.1) is 0 Å². The second-order valence-electron chi connectivity index (χ2n) is 5.12. The molecular weight excluding hydrogens is 352 g/mol. The van der Waals surface area contributed by atoms with Crippen molar-refractivity contribution in [1.82, 2.24) is 9.97 Å². The van der Waals surface area contributed by atoms with Gasteiger partial charge in [-0.05, 0) is 18.6 Å². The van der Waals surface area contributed by atoms with Crippen LogP contribution in [0.25, 0.3) is 5.70 Å². The molecule has 2 aromatic rings. The quantitative estimate of drug-likeness (QED) is 0.242. The SMILES string of the molecule is O=[N+]([O-])C(=CCC=CC(c1cc(O)[nH]c1O)[N+](=O)[O-])c1cc(O)[nH]c1O. The van der Waals surface area contributed by atoms with E-state index in [-0.39, 0.29) is 17.5 Å². The Labute approximate surface area is 144 Å². The molecule has 1 unspecified atom stereocenters. The third-order valence-corrected chi connectivity index (χ3v) is 3.38. The van der Waals surface area contributed by atoms with Crippen LogP contribution in [0.1, 0.15) is 23.6 Å². The molecule has 0 saturated heterocycles. The predicted octanol–water partition coefficient (Wildman–Crippen LogP) is 1.75. The van der Waals surface area contributed by atoms with E-state index in [2.05, 4.69) is 9.97 Å². The van der Waals surface area contributed by atoms with Crippen LogP contribution in [0, 0.1) is 20.2 Å². The number of allylic oxidation sites excluding steroid dienone is 2. The normalized spacial score (nSPS) is 13.2. The van der Waals surface area contributed by atoms with Gasteiger partial charge < -0.3 is 20.4 Å². The second kappa shape index (κ2) is 7.29. The van der Waals surface area contributed by atoms with Gasteiger partial charge in [0.2, 0.25) is 11.8 Å². The number of hydrogen-bond donors (Lipinski definition) is 6. The highest BCUT2D eigenvalue weighted by molar-refractivity contribution is 5.64.